The Bertz CT molecular complexity index is 398. The monoisotopic (exact) mass is 271 g/mol. The highest BCUT2D eigenvalue weighted by Gasteiger charge is 2.12. The molecular weight excluding hydrogens is 265 g/mol. The zero-order valence-electron chi connectivity index (χ0n) is 7.26. The molecular formula is C10H7BrClNO. The molecule has 4 heteroatoms. The fourth-order valence-electron chi connectivity index (χ4n) is 1.09. The number of nitriles is 1. The molecule has 0 fully saturated rings. The first kappa shape index (κ1) is 11.2. The molecule has 14 heavy (non-hydrogen) atoms. The van der Waals surface area contributed by atoms with Crippen molar-refractivity contribution in [2.75, 3.05) is 5.88 Å². The highest BCUT2D eigenvalue weighted by molar-refractivity contribution is 9.10. The quantitative estimate of drug-likeness (QED) is 0.626. The molecule has 2 nitrogen and oxygen atoms in total. The molecule has 1 aromatic rings. The maximum Gasteiger partial charge on any atom is 0.165 e. The molecule has 0 spiro atoms. The second-order valence-corrected chi connectivity index (χ2v) is 3.87. The fraction of sp³-hybridized carbons (Fsp3) is 0.200. The summed E-state index contributed by atoms with van der Waals surface area (Å²) in [7, 11) is 0. The van der Waals surface area contributed by atoms with Gasteiger partial charge in [0.05, 0.1) is 5.56 Å². The highest BCUT2D eigenvalue weighted by Crippen LogP contribution is 2.20. The molecule has 0 atom stereocenters. The zero-order chi connectivity index (χ0) is 10.6. The second kappa shape index (κ2) is 5.14. The summed E-state index contributed by atoms with van der Waals surface area (Å²) < 4.78 is 0.639. The van der Waals surface area contributed by atoms with Crippen LogP contribution in [0.15, 0.2) is 22.7 Å². The Labute approximate surface area is 95.6 Å². The Morgan fingerprint density at radius 1 is 1.57 bits per heavy atom. The van der Waals surface area contributed by atoms with E-state index in [1.54, 1.807) is 18.2 Å². The van der Waals surface area contributed by atoms with Gasteiger partial charge in [0.2, 0.25) is 0 Å². The van der Waals surface area contributed by atoms with Gasteiger partial charge in [0.25, 0.3) is 0 Å². The van der Waals surface area contributed by atoms with Crippen LogP contribution in [0.4, 0.5) is 0 Å². The fourth-order valence-corrected chi connectivity index (χ4v) is 1.72. The van der Waals surface area contributed by atoms with Crippen molar-refractivity contribution in [3.63, 3.8) is 0 Å². The second-order valence-electron chi connectivity index (χ2n) is 2.64. The predicted octanol–water partition coefficient (Wildman–Crippen LogP) is 3.13. The topological polar surface area (TPSA) is 40.9 Å². The molecule has 0 unspecified atom stereocenters. The van der Waals surface area contributed by atoms with Crippen molar-refractivity contribution in [1.29, 1.82) is 5.26 Å². The highest BCUT2D eigenvalue weighted by atomic mass is 79.9. The third kappa shape index (κ3) is 2.34. The number of Topliss-reactive ketones (excluding diaryl/α,β-unsaturated/α-hetero) is 1. The lowest BCUT2D eigenvalue weighted by Gasteiger charge is -2.02. The third-order valence-electron chi connectivity index (χ3n) is 1.75. The maximum atomic E-state index is 11.5. The Kier molecular flexibility index (Phi) is 4.12. The van der Waals surface area contributed by atoms with E-state index in [9.17, 15) is 4.79 Å². The molecule has 0 aliphatic rings. The molecule has 0 saturated heterocycles. The number of hydrogen-bond donors (Lipinski definition) is 0. The van der Waals surface area contributed by atoms with Crippen LogP contribution in [0, 0.1) is 11.3 Å². The number of carbonyl (C=O) groups is 1. The summed E-state index contributed by atoms with van der Waals surface area (Å²) in [6.45, 7) is 0. The van der Waals surface area contributed by atoms with E-state index < -0.39 is 0 Å². The minimum atomic E-state index is -0.0992. The van der Waals surface area contributed by atoms with Crippen LogP contribution in [0.5, 0.6) is 0 Å². The third-order valence-corrected chi connectivity index (χ3v) is 2.60. The average molecular weight is 273 g/mol. The van der Waals surface area contributed by atoms with Gasteiger partial charge in [-0.05, 0) is 28.1 Å². The minimum Gasteiger partial charge on any atom is -0.294 e. The van der Waals surface area contributed by atoms with Crippen LogP contribution >= 0.6 is 27.5 Å². The summed E-state index contributed by atoms with van der Waals surface area (Å²) in [5, 5.41) is 8.85. The van der Waals surface area contributed by atoms with Gasteiger partial charge in [-0.3, -0.25) is 4.79 Å². The SMILES string of the molecule is N#Cc1c(Br)cccc1C(=O)CCCl. The molecule has 72 valence electrons. The Morgan fingerprint density at radius 2 is 2.29 bits per heavy atom. The van der Waals surface area contributed by atoms with Gasteiger partial charge >= 0.3 is 0 Å². The number of hydrogen-bond acceptors (Lipinski definition) is 2. The molecule has 0 N–H and O–H groups in total. The van der Waals surface area contributed by atoms with Crippen molar-refractivity contribution >= 4 is 33.3 Å². The molecule has 0 heterocycles. The standard InChI is InChI=1S/C10H7BrClNO/c11-9-3-1-2-7(8(9)6-13)10(14)4-5-12/h1-3H,4-5H2. The lowest BCUT2D eigenvalue weighted by atomic mass is 10.0. The summed E-state index contributed by atoms with van der Waals surface area (Å²) in [4.78, 5) is 11.5. The first-order valence-corrected chi connectivity index (χ1v) is 5.31. The van der Waals surface area contributed by atoms with Gasteiger partial charge in [0.1, 0.15) is 6.07 Å². The van der Waals surface area contributed by atoms with Crippen LogP contribution in [-0.2, 0) is 0 Å². The summed E-state index contributed by atoms with van der Waals surface area (Å²) in [5.74, 6) is 0.175. The van der Waals surface area contributed by atoms with E-state index >= 15 is 0 Å². The first-order chi connectivity index (χ1) is 6.70. The number of carbonyl (C=O) groups excluding carboxylic acids is 1. The van der Waals surface area contributed by atoms with Gasteiger partial charge in [0, 0.05) is 22.3 Å². The number of nitrogens with zero attached hydrogens (tertiary/aromatic N) is 1. The minimum absolute atomic E-state index is 0.0992. The van der Waals surface area contributed by atoms with Crippen molar-refractivity contribution in [2.45, 2.75) is 6.42 Å². The van der Waals surface area contributed by atoms with Gasteiger partial charge in [-0.2, -0.15) is 5.26 Å². The van der Waals surface area contributed by atoms with E-state index in [1.807, 2.05) is 6.07 Å². The van der Waals surface area contributed by atoms with Gasteiger partial charge < -0.3 is 0 Å². The molecule has 0 bridgehead atoms. The van der Waals surface area contributed by atoms with Crippen LogP contribution < -0.4 is 0 Å². The van der Waals surface area contributed by atoms with Crippen molar-refractivity contribution in [1.82, 2.24) is 0 Å². The molecule has 0 amide bonds. The van der Waals surface area contributed by atoms with E-state index in [2.05, 4.69) is 15.9 Å². The van der Waals surface area contributed by atoms with Crippen molar-refractivity contribution in [3.05, 3.63) is 33.8 Å². The average Bonchev–Trinajstić information content (AvgIpc) is 2.17. The van der Waals surface area contributed by atoms with E-state index in [-0.39, 0.29) is 18.1 Å². The van der Waals surface area contributed by atoms with Gasteiger partial charge in [-0.25, -0.2) is 0 Å². The largest absolute Gasteiger partial charge is 0.294 e. The summed E-state index contributed by atoms with van der Waals surface area (Å²) in [6, 6.07) is 7.09. The zero-order valence-corrected chi connectivity index (χ0v) is 9.60. The van der Waals surface area contributed by atoms with Crippen LogP contribution in [0.3, 0.4) is 0 Å². The number of ketones is 1. The predicted molar refractivity (Wildman–Crippen MR) is 58.5 cm³/mol. The summed E-state index contributed by atoms with van der Waals surface area (Å²) in [6.07, 6.45) is 0.257. The number of rotatable bonds is 3. The van der Waals surface area contributed by atoms with Crippen molar-refractivity contribution < 1.29 is 4.79 Å². The van der Waals surface area contributed by atoms with Crippen LogP contribution in [0.1, 0.15) is 22.3 Å². The van der Waals surface area contributed by atoms with Gasteiger partial charge in [-0.1, -0.05) is 6.07 Å². The smallest absolute Gasteiger partial charge is 0.165 e. The maximum absolute atomic E-state index is 11.5. The molecule has 0 aliphatic carbocycles. The van der Waals surface area contributed by atoms with Crippen molar-refractivity contribution in [3.8, 4) is 6.07 Å². The van der Waals surface area contributed by atoms with E-state index in [1.165, 1.54) is 0 Å². The molecule has 0 aromatic heterocycles. The molecule has 1 aromatic carbocycles. The summed E-state index contributed by atoms with van der Waals surface area (Å²) >= 11 is 8.69. The Morgan fingerprint density at radius 3 is 2.86 bits per heavy atom. The summed E-state index contributed by atoms with van der Waals surface area (Å²) in [5.41, 5.74) is 0.810. The van der Waals surface area contributed by atoms with E-state index in [0.29, 0.717) is 15.6 Å². The van der Waals surface area contributed by atoms with E-state index in [0.717, 1.165) is 0 Å². The number of halogens is 2. The first-order valence-electron chi connectivity index (χ1n) is 3.98. The lowest BCUT2D eigenvalue weighted by molar-refractivity contribution is 0.0989. The van der Waals surface area contributed by atoms with Crippen LogP contribution in [0.25, 0.3) is 0 Å². The molecule has 0 radical (unpaired) electrons. The molecule has 0 saturated carbocycles. The molecule has 1 rings (SSSR count). The number of alkyl halides is 1. The van der Waals surface area contributed by atoms with Gasteiger partial charge in [0.15, 0.2) is 5.78 Å². The number of benzene rings is 1. The van der Waals surface area contributed by atoms with Gasteiger partial charge in [-0.15, -0.1) is 11.6 Å². The molecule has 0 aliphatic heterocycles. The Hall–Kier alpha value is -0.850. The van der Waals surface area contributed by atoms with E-state index in [4.69, 9.17) is 16.9 Å². The normalized spacial score (nSPS) is 9.50. The van der Waals surface area contributed by atoms with Crippen LogP contribution in [-0.4, -0.2) is 11.7 Å². The van der Waals surface area contributed by atoms with Crippen molar-refractivity contribution in [2.24, 2.45) is 0 Å². The van der Waals surface area contributed by atoms with Crippen LogP contribution in [0.2, 0.25) is 0 Å². The lowest BCUT2D eigenvalue weighted by Crippen LogP contribution is -2.03. The Balaban J connectivity index is 3.15.